The van der Waals surface area contributed by atoms with Crippen molar-refractivity contribution in [3.63, 3.8) is 0 Å². The van der Waals surface area contributed by atoms with Gasteiger partial charge in [0.25, 0.3) is 0 Å². The molecule has 0 aliphatic rings. The van der Waals surface area contributed by atoms with Gasteiger partial charge in [0, 0.05) is 33.0 Å². The van der Waals surface area contributed by atoms with Crippen LogP contribution in [0.4, 0.5) is 5.69 Å². The Morgan fingerprint density at radius 3 is 2.30 bits per heavy atom. The molecule has 0 bridgehead atoms. The number of benzene rings is 1. The molecule has 0 spiro atoms. The van der Waals surface area contributed by atoms with Crippen LogP contribution in [-0.2, 0) is 9.59 Å². The Hall–Kier alpha value is -1.59. The summed E-state index contributed by atoms with van der Waals surface area (Å²) in [6.07, 6.45) is 0.247. The van der Waals surface area contributed by atoms with Crippen molar-refractivity contribution < 1.29 is 9.59 Å². The van der Waals surface area contributed by atoms with Crippen molar-refractivity contribution in [1.82, 2.24) is 9.80 Å². The molecule has 1 aromatic carbocycles. The molecule has 6 heteroatoms. The maximum absolute atomic E-state index is 12.1. The van der Waals surface area contributed by atoms with Gasteiger partial charge < -0.3 is 15.1 Å². The van der Waals surface area contributed by atoms with Crippen molar-refractivity contribution in [1.29, 1.82) is 0 Å². The molecule has 1 aromatic rings. The minimum atomic E-state index is -0.144. The van der Waals surface area contributed by atoms with Gasteiger partial charge in [-0.2, -0.15) is 0 Å². The lowest BCUT2D eigenvalue weighted by Crippen LogP contribution is -2.37. The first-order valence-electron chi connectivity index (χ1n) is 7.67. The molecule has 0 fully saturated rings. The molecular formula is C17H26ClN3O2. The second-order valence-corrected chi connectivity index (χ2v) is 6.45. The summed E-state index contributed by atoms with van der Waals surface area (Å²) in [5.74, 6) is -0.167. The third-order valence-corrected chi connectivity index (χ3v) is 3.87. The maximum atomic E-state index is 12.1. The number of carbonyl (C=O) groups excluding carboxylic acids is 2. The number of carbonyl (C=O) groups is 2. The number of anilines is 1. The first-order chi connectivity index (χ1) is 10.7. The number of hydrogen-bond acceptors (Lipinski definition) is 3. The first-order valence-corrected chi connectivity index (χ1v) is 8.05. The number of likely N-dealkylation sites (N-methyl/N-ethyl adjacent to an activating group) is 1. The lowest BCUT2D eigenvalue weighted by molar-refractivity contribution is -0.129. The molecule has 0 heterocycles. The molecule has 23 heavy (non-hydrogen) atoms. The van der Waals surface area contributed by atoms with E-state index in [0.29, 0.717) is 23.8 Å². The zero-order valence-corrected chi connectivity index (χ0v) is 15.3. The van der Waals surface area contributed by atoms with Crippen LogP contribution in [0.3, 0.4) is 0 Å². The van der Waals surface area contributed by atoms with Gasteiger partial charge in [0.1, 0.15) is 0 Å². The van der Waals surface area contributed by atoms with Crippen LogP contribution in [0.15, 0.2) is 12.1 Å². The van der Waals surface area contributed by atoms with Gasteiger partial charge in [-0.1, -0.05) is 17.7 Å². The summed E-state index contributed by atoms with van der Waals surface area (Å²) in [6.45, 7) is 7.17. The lowest BCUT2D eigenvalue weighted by Gasteiger charge is -2.23. The summed E-state index contributed by atoms with van der Waals surface area (Å²) in [6, 6.07) is 3.80. The van der Waals surface area contributed by atoms with E-state index in [1.165, 1.54) is 6.92 Å². The number of hydrogen-bond donors (Lipinski definition) is 1. The summed E-state index contributed by atoms with van der Waals surface area (Å²) in [5, 5.41) is 3.38. The Bertz CT molecular complexity index is 550. The summed E-state index contributed by atoms with van der Waals surface area (Å²) >= 11 is 6.19. The highest BCUT2D eigenvalue weighted by Gasteiger charge is 2.13. The van der Waals surface area contributed by atoms with Crippen LogP contribution in [-0.4, -0.2) is 55.3 Å². The third kappa shape index (κ3) is 6.59. The van der Waals surface area contributed by atoms with Gasteiger partial charge >= 0.3 is 0 Å². The minimum Gasteiger partial charge on any atom is -0.341 e. The summed E-state index contributed by atoms with van der Waals surface area (Å²) in [7, 11) is 3.90. The van der Waals surface area contributed by atoms with Crippen molar-refractivity contribution in [3.05, 3.63) is 28.3 Å². The second kappa shape index (κ2) is 8.89. The first kappa shape index (κ1) is 19.5. The molecule has 0 atom stereocenters. The minimum absolute atomic E-state index is 0.0239. The Kier molecular flexibility index (Phi) is 7.52. The van der Waals surface area contributed by atoms with E-state index in [4.69, 9.17) is 11.6 Å². The van der Waals surface area contributed by atoms with Gasteiger partial charge in [0.15, 0.2) is 0 Å². The summed E-state index contributed by atoms with van der Waals surface area (Å²) in [4.78, 5) is 27.5. The normalized spacial score (nSPS) is 10.7. The number of rotatable bonds is 7. The lowest BCUT2D eigenvalue weighted by atomic mass is 10.1. The van der Waals surface area contributed by atoms with E-state index in [1.54, 1.807) is 4.90 Å². The number of nitrogens with one attached hydrogen (secondary N) is 1. The zero-order valence-electron chi connectivity index (χ0n) is 14.6. The molecule has 1 rings (SSSR count). The van der Waals surface area contributed by atoms with E-state index < -0.39 is 0 Å². The number of nitrogens with zero attached hydrogens (tertiary/aromatic N) is 2. The van der Waals surface area contributed by atoms with Crippen LogP contribution in [0.1, 0.15) is 24.5 Å². The van der Waals surface area contributed by atoms with Gasteiger partial charge in [0.2, 0.25) is 11.8 Å². The van der Waals surface area contributed by atoms with E-state index in [1.807, 2.05) is 45.0 Å². The average Bonchev–Trinajstić information content (AvgIpc) is 2.42. The molecule has 0 saturated heterocycles. The Labute approximate surface area is 143 Å². The fourth-order valence-electron chi connectivity index (χ4n) is 2.26. The molecular weight excluding hydrogens is 314 g/mol. The van der Waals surface area contributed by atoms with Crippen molar-refractivity contribution in [2.45, 2.75) is 27.2 Å². The van der Waals surface area contributed by atoms with Crippen LogP contribution in [0.5, 0.6) is 0 Å². The van der Waals surface area contributed by atoms with Crippen LogP contribution in [0, 0.1) is 13.8 Å². The monoisotopic (exact) mass is 339 g/mol. The average molecular weight is 340 g/mol. The highest BCUT2D eigenvalue weighted by Crippen LogP contribution is 2.27. The second-order valence-electron chi connectivity index (χ2n) is 6.05. The predicted octanol–water partition coefficient (Wildman–Crippen LogP) is 2.70. The highest BCUT2D eigenvalue weighted by atomic mass is 35.5. The van der Waals surface area contributed by atoms with E-state index in [0.717, 1.165) is 17.7 Å². The van der Waals surface area contributed by atoms with Crippen molar-refractivity contribution >= 4 is 29.1 Å². The van der Waals surface area contributed by atoms with Gasteiger partial charge in [-0.25, -0.2) is 0 Å². The Morgan fingerprint density at radius 1 is 1.13 bits per heavy atom. The molecule has 0 saturated carbocycles. The standard InChI is InChI=1S/C17H26ClN3O2/c1-12-10-13(2)17(15(18)11-12)19-16(23)6-7-21(14(3)22)9-8-20(4)5/h10-11H,6-9H2,1-5H3,(H,19,23). The molecule has 0 unspecified atom stereocenters. The SMILES string of the molecule is CC(=O)N(CCC(=O)Nc1c(C)cc(C)cc1Cl)CCN(C)C. The van der Waals surface area contributed by atoms with Gasteiger partial charge in [-0.15, -0.1) is 0 Å². The molecule has 5 nitrogen and oxygen atoms in total. The van der Waals surface area contributed by atoms with E-state index in [9.17, 15) is 9.59 Å². The van der Waals surface area contributed by atoms with Crippen molar-refractivity contribution in [2.24, 2.45) is 0 Å². The smallest absolute Gasteiger partial charge is 0.226 e. The van der Waals surface area contributed by atoms with Crippen LogP contribution < -0.4 is 5.32 Å². The molecule has 2 amide bonds. The Balaban J connectivity index is 2.61. The van der Waals surface area contributed by atoms with E-state index >= 15 is 0 Å². The zero-order chi connectivity index (χ0) is 17.6. The predicted molar refractivity (Wildman–Crippen MR) is 95.0 cm³/mol. The fraction of sp³-hybridized carbons (Fsp3) is 0.529. The molecule has 0 aromatic heterocycles. The van der Waals surface area contributed by atoms with Crippen LogP contribution in [0.25, 0.3) is 0 Å². The van der Waals surface area contributed by atoms with E-state index in [2.05, 4.69) is 5.32 Å². The quantitative estimate of drug-likeness (QED) is 0.831. The van der Waals surface area contributed by atoms with Crippen LogP contribution >= 0.6 is 11.6 Å². The fourth-order valence-corrected chi connectivity index (χ4v) is 2.63. The topological polar surface area (TPSA) is 52.7 Å². The number of aryl methyl sites for hydroxylation is 2. The number of halogens is 1. The summed E-state index contributed by atoms with van der Waals surface area (Å²) < 4.78 is 0. The van der Waals surface area contributed by atoms with Gasteiger partial charge in [-0.3, -0.25) is 9.59 Å². The largest absolute Gasteiger partial charge is 0.341 e. The molecule has 0 aliphatic carbocycles. The molecule has 0 radical (unpaired) electrons. The summed E-state index contributed by atoms with van der Waals surface area (Å²) in [5.41, 5.74) is 2.63. The van der Waals surface area contributed by atoms with Gasteiger partial charge in [-0.05, 0) is 45.1 Å². The van der Waals surface area contributed by atoms with Gasteiger partial charge in [0.05, 0.1) is 10.7 Å². The maximum Gasteiger partial charge on any atom is 0.226 e. The Morgan fingerprint density at radius 2 is 1.78 bits per heavy atom. The third-order valence-electron chi connectivity index (χ3n) is 3.57. The van der Waals surface area contributed by atoms with E-state index in [-0.39, 0.29) is 18.2 Å². The van der Waals surface area contributed by atoms with Crippen molar-refractivity contribution in [3.8, 4) is 0 Å². The molecule has 1 N–H and O–H groups in total. The molecule has 128 valence electrons. The van der Waals surface area contributed by atoms with Crippen LogP contribution in [0.2, 0.25) is 5.02 Å². The number of amides is 2. The highest BCUT2D eigenvalue weighted by molar-refractivity contribution is 6.34. The molecule has 0 aliphatic heterocycles. The van der Waals surface area contributed by atoms with Crippen molar-refractivity contribution in [2.75, 3.05) is 39.0 Å².